The summed E-state index contributed by atoms with van der Waals surface area (Å²) in [7, 11) is 0. The highest BCUT2D eigenvalue weighted by Gasteiger charge is 2.14. The topological polar surface area (TPSA) is 37.0 Å². The van der Waals surface area contributed by atoms with Gasteiger partial charge in [0.25, 0.3) is 0 Å². The molecule has 1 aromatic heterocycles. The Labute approximate surface area is 92.3 Å². The van der Waals surface area contributed by atoms with E-state index in [0.717, 1.165) is 18.9 Å². The highest BCUT2D eigenvalue weighted by Crippen LogP contribution is 2.30. The number of rotatable bonds is 1. The molecule has 0 saturated heterocycles. The van der Waals surface area contributed by atoms with Crippen LogP contribution in [0.5, 0.6) is 0 Å². The van der Waals surface area contributed by atoms with Crippen molar-refractivity contribution in [3.8, 4) is 0 Å². The zero-order valence-electron chi connectivity index (χ0n) is 10.1. The van der Waals surface area contributed by atoms with Crippen molar-refractivity contribution in [2.75, 3.05) is 23.7 Å². The SMILES string of the molecule is CC.CC(C)c1ccnc2c1NCCN2. The Hall–Kier alpha value is -1.25. The molecule has 0 unspecified atom stereocenters. The number of aromatic nitrogens is 1. The average Bonchev–Trinajstić information content (AvgIpc) is 2.31. The van der Waals surface area contributed by atoms with Crippen molar-refractivity contribution in [2.24, 2.45) is 0 Å². The fraction of sp³-hybridized carbons (Fsp3) is 0.583. The molecule has 84 valence electrons. The molecule has 1 aliphatic heterocycles. The third-order valence-corrected chi connectivity index (χ3v) is 2.32. The first-order valence-corrected chi connectivity index (χ1v) is 5.75. The van der Waals surface area contributed by atoms with Crippen LogP contribution in [0.3, 0.4) is 0 Å². The summed E-state index contributed by atoms with van der Waals surface area (Å²) in [4.78, 5) is 4.29. The van der Waals surface area contributed by atoms with Gasteiger partial charge in [0.15, 0.2) is 0 Å². The van der Waals surface area contributed by atoms with Crippen molar-refractivity contribution < 1.29 is 0 Å². The fourth-order valence-corrected chi connectivity index (χ4v) is 1.65. The molecule has 0 radical (unpaired) electrons. The van der Waals surface area contributed by atoms with Gasteiger partial charge in [0, 0.05) is 19.3 Å². The Kier molecular flexibility index (Phi) is 4.40. The molecule has 0 saturated carbocycles. The minimum absolute atomic E-state index is 0.546. The second-order valence-corrected chi connectivity index (χ2v) is 3.63. The highest BCUT2D eigenvalue weighted by atomic mass is 15.1. The molecule has 0 spiro atoms. The largest absolute Gasteiger partial charge is 0.380 e. The van der Waals surface area contributed by atoms with Gasteiger partial charge in [-0.25, -0.2) is 4.98 Å². The normalized spacial score (nSPS) is 13.1. The fourth-order valence-electron chi connectivity index (χ4n) is 1.65. The molecule has 3 heteroatoms. The van der Waals surface area contributed by atoms with Crippen LogP contribution in [0.2, 0.25) is 0 Å². The summed E-state index contributed by atoms with van der Waals surface area (Å²) >= 11 is 0. The van der Waals surface area contributed by atoms with E-state index in [1.165, 1.54) is 11.3 Å². The van der Waals surface area contributed by atoms with Crippen molar-refractivity contribution in [1.29, 1.82) is 0 Å². The lowest BCUT2D eigenvalue weighted by Crippen LogP contribution is -2.22. The number of nitrogens with zero attached hydrogens (tertiary/aromatic N) is 1. The van der Waals surface area contributed by atoms with Crippen LogP contribution in [-0.2, 0) is 0 Å². The zero-order chi connectivity index (χ0) is 11.3. The molecule has 2 N–H and O–H groups in total. The molecule has 1 aromatic rings. The van der Waals surface area contributed by atoms with Crippen LogP contribution < -0.4 is 10.6 Å². The molecular formula is C12H21N3. The van der Waals surface area contributed by atoms with Gasteiger partial charge in [0.1, 0.15) is 5.82 Å². The maximum absolute atomic E-state index is 4.29. The Morgan fingerprint density at radius 1 is 1.20 bits per heavy atom. The molecule has 0 aromatic carbocycles. The van der Waals surface area contributed by atoms with Gasteiger partial charge in [-0.15, -0.1) is 0 Å². The first-order chi connectivity index (χ1) is 7.29. The number of hydrogen-bond acceptors (Lipinski definition) is 3. The van der Waals surface area contributed by atoms with Gasteiger partial charge >= 0.3 is 0 Å². The van der Waals surface area contributed by atoms with Gasteiger partial charge in [-0.2, -0.15) is 0 Å². The summed E-state index contributed by atoms with van der Waals surface area (Å²) in [5, 5.41) is 6.67. The Morgan fingerprint density at radius 2 is 1.87 bits per heavy atom. The first kappa shape index (κ1) is 11.8. The molecule has 2 rings (SSSR count). The molecule has 1 aliphatic rings. The monoisotopic (exact) mass is 207 g/mol. The Balaban J connectivity index is 0.000000531. The van der Waals surface area contributed by atoms with E-state index in [0.29, 0.717) is 5.92 Å². The van der Waals surface area contributed by atoms with Crippen LogP contribution in [0.4, 0.5) is 11.5 Å². The van der Waals surface area contributed by atoms with Crippen molar-refractivity contribution in [2.45, 2.75) is 33.6 Å². The van der Waals surface area contributed by atoms with Crippen LogP contribution in [0.15, 0.2) is 12.3 Å². The maximum Gasteiger partial charge on any atom is 0.149 e. The van der Waals surface area contributed by atoms with Gasteiger partial charge < -0.3 is 10.6 Å². The number of nitrogens with one attached hydrogen (secondary N) is 2. The van der Waals surface area contributed by atoms with Crippen LogP contribution in [0, 0.1) is 0 Å². The van der Waals surface area contributed by atoms with E-state index in [2.05, 4.69) is 35.5 Å². The van der Waals surface area contributed by atoms with Gasteiger partial charge in [-0.3, -0.25) is 0 Å². The van der Waals surface area contributed by atoms with Crippen LogP contribution in [-0.4, -0.2) is 18.1 Å². The van der Waals surface area contributed by atoms with Crippen LogP contribution in [0.1, 0.15) is 39.2 Å². The van der Waals surface area contributed by atoms with Crippen molar-refractivity contribution >= 4 is 11.5 Å². The van der Waals surface area contributed by atoms with E-state index in [1.54, 1.807) is 0 Å². The zero-order valence-corrected chi connectivity index (χ0v) is 10.1. The molecule has 0 amide bonds. The minimum atomic E-state index is 0.546. The summed E-state index contributed by atoms with van der Waals surface area (Å²) in [5.41, 5.74) is 2.53. The van der Waals surface area contributed by atoms with E-state index < -0.39 is 0 Å². The number of fused-ring (bicyclic) bond motifs is 1. The molecule has 0 atom stereocenters. The quantitative estimate of drug-likeness (QED) is 0.743. The molecule has 15 heavy (non-hydrogen) atoms. The minimum Gasteiger partial charge on any atom is -0.380 e. The summed E-state index contributed by atoms with van der Waals surface area (Å²) in [6, 6.07) is 2.09. The molecule has 0 bridgehead atoms. The number of pyridine rings is 1. The third-order valence-electron chi connectivity index (χ3n) is 2.32. The van der Waals surface area contributed by atoms with Crippen molar-refractivity contribution in [3.05, 3.63) is 17.8 Å². The molecule has 3 nitrogen and oxygen atoms in total. The summed E-state index contributed by atoms with van der Waals surface area (Å²) in [6.45, 7) is 10.3. The van der Waals surface area contributed by atoms with E-state index in [1.807, 2.05) is 20.0 Å². The summed E-state index contributed by atoms with van der Waals surface area (Å²) < 4.78 is 0. The predicted octanol–water partition coefficient (Wildman–Crippen LogP) is 3.07. The number of hydrogen-bond donors (Lipinski definition) is 2. The standard InChI is InChI=1S/C10H15N3.C2H6/c1-7(2)8-3-4-12-10-9(8)11-5-6-13-10;1-2/h3-4,7,11H,5-6H2,1-2H3,(H,12,13);1-2H3. The average molecular weight is 207 g/mol. The third kappa shape index (κ3) is 2.61. The molecule has 0 fully saturated rings. The smallest absolute Gasteiger partial charge is 0.149 e. The van der Waals surface area contributed by atoms with E-state index >= 15 is 0 Å². The van der Waals surface area contributed by atoms with Crippen LogP contribution in [0.25, 0.3) is 0 Å². The number of anilines is 2. The maximum atomic E-state index is 4.29. The van der Waals surface area contributed by atoms with Crippen LogP contribution >= 0.6 is 0 Å². The van der Waals surface area contributed by atoms with E-state index in [-0.39, 0.29) is 0 Å². The molecule has 0 aliphatic carbocycles. The van der Waals surface area contributed by atoms with Gasteiger partial charge in [0.05, 0.1) is 5.69 Å². The first-order valence-electron chi connectivity index (χ1n) is 5.75. The lowest BCUT2D eigenvalue weighted by Gasteiger charge is -2.22. The van der Waals surface area contributed by atoms with Gasteiger partial charge in [-0.05, 0) is 17.5 Å². The predicted molar refractivity (Wildman–Crippen MR) is 66.7 cm³/mol. The molecule has 2 heterocycles. The summed E-state index contributed by atoms with van der Waals surface area (Å²) in [6.07, 6.45) is 1.87. The molecular weight excluding hydrogens is 186 g/mol. The van der Waals surface area contributed by atoms with Crippen molar-refractivity contribution in [1.82, 2.24) is 4.98 Å². The summed E-state index contributed by atoms with van der Waals surface area (Å²) in [5.74, 6) is 1.54. The Morgan fingerprint density at radius 3 is 2.53 bits per heavy atom. The van der Waals surface area contributed by atoms with E-state index in [9.17, 15) is 0 Å². The van der Waals surface area contributed by atoms with Gasteiger partial charge in [-0.1, -0.05) is 27.7 Å². The highest BCUT2D eigenvalue weighted by molar-refractivity contribution is 5.70. The van der Waals surface area contributed by atoms with Crippen molar-refractivity contribution in [3.63, 3.8) is 0 Å². The second-order valence-electron chi connectivity index (χ2n) is 3.63. The second kappa shape index (κ2) is 5.59. The Bertz CT molecular complexity index is 308. The van der Waals surface area contributed by atoms with E-state index in [4.69, 9.17) is 0 Å². The van der Waals surface area contributed by atoms with Gasteiger partial charge in [0.2, 0.25) is 0 Å². The lowest BCUT2D eigenvalue weighted by molar-refractivity contribution is 0.856. The lowest BCUT2D eigenvalue weighted by atomic mass is 10.0.